The van der Waals surface area contributed by atoms with Gasteiger partial charge in [0.25, 0.3) is 5.22 Å². The maximum absolute atomic E-state index is 10.2. The van der Waals surface area contributed by atoms with E-state index in [1.807, 2.05) is 57.2 Å². The number of aliphatic hydroxyl groups excluding tert-OH is 1. The molecule has 0 radical (unpaired) electrons. The summed E-state index contributed by atoms with van der Waals surface area (Å²) in [4.78, 5) is 0. The molecule has 0 bridgehead atoms. The number of hydrogen-bond acceptors (Lipinski definition) is 6. The van der Waals surface area contributed by atoms with E-state index in [1.54, 1.807) is 0 Å². The molecule has 1 heterocycles. The van der Waals surface area contributed by atoms with Crippen LogP contribution in [0.2, 0.25) is 0 Å². The Bertz CT molecular complexity index is 865. The van der Waals surface area contributed by atoms with Crippen molar-refractivity contribution in [3.63, 3.8) is 0 Å². The molecule has 0 saturated carbocycles. The Morgan fingerprint density at radius 3 is 2.54 bits per heavy atom. The summed E-state index contributed by atoms with van der Waals surface area (Å²) in [6.07, 6.45) is -0.633. The van der Waals surface area contributed by atoms with Gasteiger partial charge >= 0.3 is 0 Å². The first-order valence-corrected chi connectivity index (χ1v) is 9.42. The van der Waals surface area contributed by atoms with E-state index in [4.69, 9.17) is 9.15 Å². The molecule has 136 valence electrons. The Morgan fingerprint density at radius 1 is 1.04 bits per heavy atom. The molecule has 0 aliphatic carbocycles. The van der Waals surface area contributed by atoms with Crippen LogP contribution in [0.25, 0.3) is 11.5 Å². The molecule has 6 heteroatoms. The Hall–Kier alpha value is -2.31. The molecule has 0 fully saturated rings. The summed E-state index contributed by atoms with van der Waals surface area (Å²) >= 11 is 1.32. The van der Waals surface area contributed by atoms with Gasteiger partial charge in [-0.3, -0.25) is 0 Å². The van der Waals surface area contributed by atoms with E-state index in [2.05, 4.69) is 16.3 Å². The number of aliphatic hydroxyl groups is 1. The van der Waals surface area contributed by atoms with Gasteiger partial charge in [-0.15, -0.1) is 10.2 Å². The van der Waals surface area contributed by atoms with Crippen LogP contribution in [0.3, 0.4) is 0 Å². The minimum Gasteiger partial charge on any atom is -0.490 e. The highest BCUT2D eigenvalue weighted by atomic mass is 32.2. The Labute approximate surface area is 157 Å². The van der Waals surface area contributed by atoms with Gasteiger partial charge in [0.1, 0.15) is 12.4 Å². The van der Waals surface area contributed by atoms with Crippen molar-refractivity contribution in [2.75, 3.05) is 12.4 Å². The molecule has 1 N–H and O–H groups in total. The molecule has 2 aromatic carbocycles. The number of benzene rings is 2. The van der Waals surface area contributed by atoms with Crippen LogP contribution in [0.1, 0.15) is 16.7 Å². The van der Waals surface area contributed by atoms with Crippen LogP contribution < -0.4 is 4.74 Å². The fraction of sp³-hybridized carbons (Fsp3) is 0.300. The molecule has 1 aromatic heterocycles. The van der Waals surface area contributed by atoms with E-state index in [0.29, 0.717) is 16.9 Å². The van der Waals surface area contributed by atoms with E-state index in [1.165, 1.54) is 17.3 Å². The maximum atomic E-state index is 10.2. The van der Waals surface area contributed by atoms with Crippen molar-refractivity contribution < 1.29 is 14.3 Å². The maximum Gasteiger partial charge on any atom is 0.276 e. The van der Waals surface area contributed by atoms with Gasteiger partial charge in [0, 0.05) is 11.3 Å². The number of rotatable bonds is 7. The first-order valence-electron chi connectivity index (χ1n) is 8.44. The Kier molecular flexibility index (Phi) is 5.96. The summed E-state index contributed by atoms with van der Waals surface area (Å²) in [6, 6.07) is 13.7. The molecule has 0 aliphatic rings. The second-order valence-electron chi connectivity index (χ2n) is 6.17. The largest absolute Gasteiger partial charge is 0.490 e. The molecule has 0 aliphatic heterocycles. The molecule has 3 rings (SSSR count). The van der Waals surface area contributed by atoms with Crippen LogP contribution >= 0.6 is 11.8 Å². The van der Waals surface area contributed by atoms with Crippen LogP contribution in [0.4, 0.5) is 0 Å². The SMILES string of the molecule is Cc1ccc(C)c(OC[C@H](O)CSc2nnc(-c3ccccc3)o2)c1C. The summed E-state index contributed by atoms with van der Waals surface area (Å²) in [7, 11) is 0. The van der Waals surface area contributed by atoms with Gasteiger partial charge in [0.15, 0.2) is 0 Å². The Balaban J connectivity index is 1.53. The third kappa shape index (κ3) is 4.45. The normalized spacial score (nSPS) is 12.2. The molecule has 3 aromatic rings. The van der Waals surface area contributed by atoms with Gasteiger partial charge in [0.2, 0.25) is 5.89 Å². The van der Waals surface area contributed by atoms with Crippen molar-refractivity contribution in [2.24, 2.45) is 0 Å². The molecule has 26 heavy (non-hydrogen) atoms. The third-order valence-electron chi connectivity index (χ3n) is 4.12. The quantitative estimate of drug-likeness (QED) is 0.629. The van der Waals surface area contributed by atoms with Gasteiger partial charge in [0.05, 0.1) is 6.10 Å². The lowest BCUT2D eigenvalue weighted by molar-refractivity contribution is 0.125. The van der Waals surface area contributed by atoms with Crippen molar-refractivity contribution in [3.05, 3.63) is 59.2 Å². The lowest BCUT2D eigenvalue weighted by Gasteiger charge is -2.16. The van der Waals surface area contributed by atoms with Gasteiger partial charge in [-0.25, -0.2) is 0 Å². The van der Waals surface area contributed by atoms with Gasteiger partial charge in [-0.05, 0) is 49.6 Å². The zero-order chi connectivity index (χ0) is 18.5. The lowest BCUT2D eigenvalue weighted by atomic mass is 10.1. The predicted octanol–water partition coefficient (Wildman–Crippen LogP) is 4.19. The molecule has 0 spiro atoms. The third-order valence-corrected chi connectivity index (χ3v) is 5.08. The number of nitrogens with zero attached hydrogens (tertiary/aromatic N) is 2. The highest BCUT2D eigenvalue weighted by molar-refractivity contribution is 7.99. The summed E-state index contributed by atoms with van der Waals surface area (Å²) in [5.41, 5.74) is 4.22. The first-order chi connectivity index (χ1) is 12.5. The van der Waals surface area contributed by atoms with E-state index < -0.39 is 6.10 Å². The van der Waals surface area contributed by atoms with E-state index in [9.17, 15) is 5.11 Å². The van der Waals surface area contributed by atoms with Crippen molar-refractivity contribution in [3.8, 4) is 17.2 Å². The zero-order valence-corrected chi connectivity index (χ0v) is 15.9. The highest BCUT2D eigenvalue weighted by Gasteiger charge is 2.14. The first kappa shape index (κ1) is 18.5. The van der Waals surface area contributed by atoms with Crippen molar-refractivity contribution >= 4 is 11.8 Å². The van der Waals surface area contributed by atoms with E-state index >= 15 is 0 Å². The van der Waals surface area contributed by atoms with Crippen molar-refractivity contribution in [2.45, 2.75) is 32.1 Å². The summed E-state index contributed by atoms with van der Waals surface area (Å²) in [5, 5.41) is 18.7. The monoisotopic (exact) mass is 370 g/mol. The van der Waals surface area contributed by atoms with Crippen LogP contribution in [-0.2, 0) is 0 Å². The van der Waals surface area contributed by atoms with Crippen LogP contribution in [0.15, 0.2) is 52.1 Å². The number of aromatic nitrogens is 2. The summed E-state index contributed by atoms with van der Waals surface area (Å²) in [6.45, 7) is 6.31. The average Bonchev–Trinajstić information content (AvgIpc) is 3.13. The zero-order valence-electron chi connectivity index (χ0n) is 15.1. The average molecular weight is 370 g/mol. The lowest BCUT2D eigenvalue weighted by Crippen LogP contribution is -2.20. The van der Waals surface area contributed by atoms with Gasteiger partial charge in [-0.1, -0.05) is 42.1 Å². The fourth-order valence-electron chi connectivity index (χ4n) is 2.51. The summed E-state index contributed by atoms with van der Waals surface area (Å²) in [5.74, 6) is 1.74. The second kappa shape index (κ2) is 8.38. The molecule has 0 saturated heterocycles. The number of hydrogen-bond donors (Lipinski definition) is 1. The molecular weight excluding hydrogens is 348 g/mol. The van der Waals surface area contributed by atoms with Gasteiger partial charge in [-0.2, -0.15) is 0 Å². The van der Waals surface area contributed by atoms with E-state index in [0.717, 1.165) is 22.4 Å². The van der Waals surface area contributed by atoms with Crippen molar-refractivity contribution in [1.82, 2.24) is 10.2 Å². The van der Waals surface area contributed by atoms with Crippen molar-refractivity contribution in [1.29, 1.82) is 0 Å². The fourth-order valence-corrected chi connectivity index (χ4v) is 3.18. The standard InChI is InChI=1S/C20H22N2O3S/c1-13-9-10-14(2)18(15(13)3)24-11-17(23)12-26-20-22-21-19(25-20)16-7-5-4-6-8-16/h4-10,17,23H,11-12H2,1-3H3/t17-/m0/s1. The highest BCUT2D eigenvalue weighted by Crippen LogP contribution is 2.27. The predicted molar refractivity (Wildman–Crippen MR) is 103 cm³/mol. The smallest absolute Gasteiger partial charge is 0.276 e. The summed E-state index contributed by atoms with van der Waals surface area (Å²) < 4.78 is 11.5. The minimum atomic E-state index is -0.633. The van der Waals surface area contributed by atoms with Crippen LogP contribution in [0, 0.1) is 20.8 Å². The minimum absolute atomic E-state index is 0.220. The van der Waals surface area contributed by atoms with E-state index in [-0.39, 0.29) is 6.61 Å². The topological polar surface area (TPSA) is 68.4 Å². The van der Waals surface area contributed by atoms with Gasteiger partial charge < -0.3 is 14.3 Å². The molecule has 0 unspecified atom stereocenters. The number of ether oxygens (including phenoxy) is 1. The second-order valence-corrected chi connectivity index (χ2v) is 7.14. The number of aryl methyl sites for hydroxylation is 2. The van der Waals surface area contributed by atoms with Crippen LogP contribution in [-0.4, -0.2) is 33.8 Å². The Morgan fingerprint density at radius 2 is 1.77 bits per heavy atom. The molecule has 5 nitrogen and oxygen atoms in total. The molecular formula is C20H22N2O3S. The molecule has 1 atom stereocenters. The van der Waals surface area contributed by atoms with Crippen LogP contribution in [0.5, 0.6) is 5.75 Å². The number of thioether (sulfide) groups is 1. The molecule has 0 amide bonds.